The quantitative estimate of drug-likeness (QED) is 0.909. The number of nitriles is 1. The van der Waals surface area contributed by atoms with E-state index >= 15 is 0 Å². The van der Waals surface area contributed by atoms with Crippen LogP contribution in [0.25, 0.3) is 0 Å². The van der Waals surface area contributed by atoms with Gasteiger partial charge in [0.1, 0.15) is 0 Å². The van der Waals surface area contributed by atoms with Crippen molar-refractivity contribution in [3.05, 3.63) is 28.2 Å². The Bertz CT molecular complexity index is 505. The molecule has 1 saturated heterocycles. The first-order chi connectivity index (χ1) is 8.95. The van der Waals surface area contributed by atoms with Crippen LogP contribution in [0.2, 0.25) is 0 Å². The van der Waals surface area contributed by atoms with Crippen molar-refractivity contribution in [1.29, 1.82) is 5.26 Å². The second-order valence-electron chi connectivity index (χ2n) is 5.76. The minimum Gasteiger partial charge on any atom is -0.360 e. The monoisotopic (exact) mass is 321 g/mol. The molecule has 1 aliphatic heterocycles. The van der Waals surface area contributed by atoms with Crippen molar-refractivity contribution in [2.75, 3.05) is 18.0 Å². The van der Waals surface area contributed by atoms with Crippen LogP contribution >= 0.6 is 15.9 Å². The molecule has 1 fully saturated rings. The van der Waals surface area contributed by atoms with E-state index in [9.17, 15) is 0 Å². The second-order valence-corrected chi connectivity index (χ2v) is 6.62. The summed E-state index contributed by atoms with van der Waals surface area (Å²) in [4.78, 5) is 2.39. The predicted octanol–water partition coefficient (Wildman–Crippen LogP) is 3.23. The van der Waals surface area contributed by atoms with Crippen LogP contribution in [0.3, 0.4) is 0 Å². The number of halogens is 1. The van der Waals surface area contributed by atoms with Crippen molar-refractivity contribution < 1.29 is 0 Å². The van der Waals surface area contributed by atoms with Gasteiger partial charge in [0.05, 0.1) is 18.5 Å². The fourth-order valence-electron chi connectivity index (χ4n) is 2.78. The Morgan fingerprint density at radius 2 is 2.26 bits per heavy atom. The molecule has 0 amide bonds. The van der Waals surface area contributed by atoms with E-state index in [-0.39, 0.29) is 11.6 Å². The number of aryl methyl sites for hydroxylation is 1. The summed E-state index contributed by atoms with van der Waals surface area (Å²) in [5.41, 5.74) is 2.42. The van der Waals surface area contributed by atoms with Gasteiger partial charge in [-0.2, -0.15) is 5.26 Å². The lowest BCUT2D eigenvalue weighted by atomic mass is 9.93. The molecule has 0 bridgehead atoms. The molecule has 0 aliphatic carbocycles. The SMILES string of the molecule is Cc1ccc(N2C(CC#N)CNCC2(C)C)cc1Br. The molecule has 1 atom stereocenters. The molecule has 1 aromatic rings. The van der Waals surface area contributed by atoms with Crippen LogP contribution in [-0.4, -0.2) is 24.7 Å². The summed E-state index contributed by atoms with van der Waals surface area (Å²) in [7, 11) is 0. The molecule has 1 aromatic carbocycles. The molecule has 1 heterocycles. The number of nitrogens with zero attached hydrogens (tertiary/aromatic N) is 2. The molecular formula is C15H20BrN3. The van der Waals surface area contributed by atoms with Gasteiger partial charge < -0.3 is 10.2 Å². The molecule has 2 rings (SSSR count). The summed E-state index contributed by atoms with van der Waals surface area (Å²) in [5.74, 6) is 0. The first kappa shape index (κ1) is 14.4. The topological polar surface area (TPSA) is 39.1 Å². The fourth-order valence-corrected chi connectivity index (χ4v) is 3.14. The normalized spacial score (nSPS) is 22.1. The third-order valence-corrected chi connectivity index (χ3v) is 4.57. The van der Waals surface area contributed by atoms with Crippen molar-refractivity contribution in [1.82, 2.24) is 5.32 Å². The summed E-state index contributed by atoms with van der Waals surface area (Å²) >= 11 is 3.60. The maximum Gasteiger partial charge on any atom is 0.0643 e. The summed E-state index contributed by atoms with van der Waals surface area (Å²) in [5, 5.41) is 12.5. The van der Waals surface area contributed by atoms with Crippen LogP contribution in [0.5, 0.6) is 0 Å². The molecule has 4 heteroatoms. The summed E-state index contributed by atoms with van der Waals surface area (Å²) < 4.78 is 1.12. The van der Waals surface area contributed by atoms with Crippen LogP contribution < -0.4 is 10.2 Å². The molecule has 0 spiro atoms. The Labute approximate surface area is 123 Å². The molecule has 0 saturated carbocycles. The maximum absolute atomic E-state index is 9.04. The van der Waals surface area contributed by atoms with E-state index in [0.29, 0.717) is 6.42 Å². The van der Waals surface area contributed by atoms with Crippen LogP contribution in [0.15, 0.2) is 22.7 Å². The highest BCUT2D eigenvalue weighted by Crippen LogP contribution is 2.32. The van der Waals surface area contributed by atoms with Gasteiger partial charge in [0.15, 0.2) is 0 Å². The summed E-state index contributed by atoms with van der Waals surface area (Å²) in [6.45, 7) is 8.32. The minimum atomic E-state index is 0.00840. The third kappa shape index (κ3) is 2.93. The van der Waals surface area contributed by atoms with E-state index in [1.807, 2.05) is 0 Å². The standard InChI is InChI=1S/C15H20BrN3/c1-11-4-5-12(8-14(11)16)19-13(6-7-17)9-18-10-15(19,2)3/h4-5,8,13,18H,6,9-10H2,1-3H3. The Hall–Kier alpha value is -1.05. The molecule has 102 valence electrons. The lowest BCUT2D eigenvalue weighted by molar-refractivity contribution is 0.324. The Kier molecular flexibility index (Phi) is 4.17. The van der Waals surface area contributed by atoms with Gasteiger partial charge in [0.25, 0.3) is 0 Å². The smallest absolute Gasteiger partial charge is 0.0643 e. The zero-order valence-corrected chi connectivity index (χ0v) is 13.3. The van der Waals surface area contributed by atoms with Gasteiger partial charge in [-0.05, 0) is 38.5 Å². The first-order valence-corrected chi connectivity index (χ1v) is 7.38. The van der Waals surface area contributed by atoms with Crippen LogP contribution in [0.4, 0.5) is 5.69 Å². The van der Waals surface area contributed by atoms with Gasteiger partial charge in [-0.1, -0.05) is 22.0 Å². The Balaban J connectivity index is 2.40. The number of hydrogen-bond acceptors (Lipinski definition) is 3. The molecule has 0 aromatic heterocycles. The molecule has 3 nitrogen and oxygen atoms in total. The lowest BCUT2D eigenvalue weighted by Gasteiger charge is -2.49. The van der Waals surface area contributed by atoms with E-state index in [1.165, 1.54) is 11.3 Å². The number of piperazine rings is 1. The van der Waals surface area contributed by atoms with E-state index in [0.717, 1.165) is 17.6 Å². The molecule has 1 N–H and O–H groups in total. The first-order valence-electron chi connectivity index (χ1n) is 6.59. The van der Waals surface area contributed by atoms with E-state index < -0.39 is 0 Å². The largest absolute Gasteiger partial charge is 0.360 e. The number of nitrogens with one attached hydrogen (secondary N) is 1. The van der Waals surface area contributed by atoms with Crippen LogP contribution in [0.1, 0.15) is 25.8 Å². The maximum atomic E-state index is 9.04. The van der Waals surface area contributed by atoms with Gasteiger partial charge in [0, 0.05) is 28.8 Å². The Morgan fingerprint density at radius 3 is 2.89 bits per heavy atom. The van der Waals surface area contributed by atoms with E-state index in [1.54, 1.807) is 0 Å². The highest BCUT2D eigenvalue weighted by atomic mass is 79.9. The van der Waals surface area contributed by atoms with E-state index in [2.05, 4.69) is 71.2 Å². The summed E-state index contributed by atoms with van der Waals surface area (Å²) in [6.07, 6.45) is 0.544. The molecule has 19 heavy (non-hydrogen) atoms. The average molecular weight is 322 g/mol. The number of hydrogen-bond donors (Lipinski definition) is 1. The van der Waals surface area contributed by atoms with Crippen LogP contribution in [0, 0.1) is 18.3 Å². The molecule has 1 aliphatic rings. The highest BCUT2D eigenvalue weighted by molar-refractivity contribution is 9.10. The van der Waals surface area contributed by atoms with Crippen LogP contribution in [-0.2, 0) is 0 Å². The lowest BCUT2D eigenvalue weighted by Crippen LogP contribution is -2.63. The van der Waals surface area contributed by atoms with E-state index in [4.69, 9.17) is 5.26 Å². The number of rotatable bonds is 2. The van der Waals surface area contributed by atoms with Crippen molar-refractivity contribution in [2.45, 2.75) is 38.8 Å². The van der Waals surface area contributed by atoms with Gasteiger partial charge in [-0.3, -0.25) is 0 Å². The van der Waals surface area contributed by atoms with Gasteiger partial charge >= 0.3 is 0 Å². The van der Waals surface area contributed by atoms with Crippen molar-refractivity contribution in [3.63, 3.8) is 0 Å². The highest BCUT2D eigenvalue weighted by Gasteiger charge is 2.36. The van der Waals surface area contributed by atoms with Gasteiger partial charge in [0.2, 0.25) is 0 Å². The van der Waals surface area contributed by atoms with Gasteiger partial charge in [-0.25, -0.2) is 0 Å². The fraction of sp³-hybridized carbons (Fsp3) is 0.533. The number of anilines is 1. The van der Waals surface area contributed by atoms with Gasteiger partial charge in [-0.15, -0.1) is 0 Å². The molecular weight excluding hydrogens is 302 g/mol. The molecule has 0 radical (unpaired) electrons. The Morgan fingerprint density at radius 1 is 1.53 bits per heavy atom. The second kappa shape index (κ2) is 5.52. The third-order valence-electron chi connectivity index (χ3n) is 3.72. The van der Waals surface area contributed by atoms with Crippen molar-refractivity contribution in [2.24, 2.45) is 0 Å². The van der Waals surface area contributed by atoms with Crippen molar-refractivity contribution in [3.8, 4) is 6.07 Å². The number of benzene rings is 1. The average Bonchev–Trinajstić information content (AvgIpc) is 2.33. The summed E-state index contributed by atoms with van der Waals surface area (Å²) in [6, 6.07) is 8.97. The zero-order valence-electron chi connectivity index (χ0n) is 11.7. The predicted molar refractivity (Wildman–Crippen MR) is 82.3 cm³/mol. The van der Waals surface area contributed by atoms with Crippen molar-refractivity contribution >= 4 is 21.6 Å². The molecule has 1 unspecified atom stereocenters. The zero-order chi connectivity index (χ0) is 14.0. The minimum absolute atomic E-state index is 0.00840.